The number of benzene rings is 1. The highest BCUT2D eigenvalue weighted by Gasteiger charge is 2.53. The molecule has 0 unspecified atom stereocenters. The maximum atomic E-state index is 13.8. The van der Waals surface area contributed by atoms with E-state index in [9.17, 15) is 4.39 Å². The second-order valence-corrected chi connectivity index (χ2v) is 5.99. The van der Waals surface area contributed by atoms with Gasteiger partial charge in [-0.2, -0.15) is 0 Å². The van der Waals surface area contributed by atoms with Crippen molar-refractivity contribution in [2.75, 3.05) is 11.9 Å². The van der Waals surface area contributed by atoms with Gasteiger partial charge in [-0.3, -0.25) is 0 Å². The van der Waals surface area contributed by atoms with E-state index in [1.807, 2.05) is 0 Å². The first-order chi connectivity index (χ1) is 8.61. The maximum absolute atomic E-state index is 13.8. The first-order valence-electron chi connectivity index (χ1n) is 6.44. The Morgan fingerprint density at radius 1 is 1.44 bits per heavy atom. The molecule has 0 atom stereocenters. The quantitative estimate of drug-likeness (QED) is 0.803. The summed E-state index contributed by atoms with van der Waals surface area (Å²) < 4.78 is 13.8. The number of thiocarbonyl (C=S) groups is 1. The van der Waals surface area contributed by atoms with E-state index in [4.69, 9.17) is 18.0 Å². The number of halogens is 1. The lowest BCUT2D eigenvalue weighted by Crippen LogP contribution is -2.18. The fourth-order valence-corrected chi connectivity index (χ4v) is 2.80. The summed E-state index contributed by atoms with van der Waals surface area (Å²) in [5, 5.41) is 3.24. The highest BCUT2D eigenvalue weighted by atomic mass is 32.1. The van der Waals surface area contributed by atoms with E-state index in [1.54, 1.807) is 12.1 Å². The van der Waals surface area contributed by atoms with Crippen molar-refractivity contribution in [2.24, 2.45) is 17.1 Å². The van der Waals surface area contributed by atoms with Gasteiger partial charge in [0.15, 0.2) is 0 Å². The molecule has 0 bridgehead atoms. The maximum Gasteiger partial charge on any atom is 0.146 e. The third-order valence-corrected chi connectivity index (χ3v) is 4.46. The average Bonchev–Trinajstić information content (AvgIpc) is 3.19. The highest BCUT2D eigenvalue weighted by molar-refractivity contribution is 7.80. The van der Waals surface area contributed by atoms with Crippen LogP contribution in [0.25, 0.3) is 0 Å². The Balaban J connectivity index is 1.67. The molecule has 0 aliphatic heterocycles. The van der Waals surface area contributed by atoms with Gasteiger partial charge in [0.2, 0.25) is 0 Å². The summed E-state index contributed by atoms with van der Waals surface area (Å²) in [5.41, 5.74) is 7.08. The zero-order valence-corrected chi connectivity index (χ0v) is 11.0. The molecule has 2 nitrogen and oxygen atoms in total. The normalized spacial score (nSPS) is 20.5. The highest BCUT2D eigenvalue weighted by Crippen LogP contribution is 2.61. The average molecular weight is 264 g/mol. The third-order valence-electron chi connectivity index (χ3n) is 4.22. The number of hydrogen-bond donors (Lipinski definition) is 2. The summed E-state index contributed by atoms with van der Waals surface area (Å²) in [6.07, 6.45) is 5.28. The van der Waals surface area contributed by atoms with E-state index >= 15 is 0 Å². The SMILES string of the molecule is NC(=S)c1ccc(NCC2(C3CC3)CC2)c(F)c1. The molecule has 0 spiro atoms. The summed E-state index contributed by atoms with van der Waals surface area (Å²) in [7, 11) is 0. The first kappa shape index (κ1) is 11.9. The van der Waals surface area contributed by atoms with Crippen LogP contribution in [0.4, 0.5) is 10.1 Å². The standard InChI is InChI=1S/C14H17FN2S/c15-11-7-9(13(16)18)1-4-12(11)17-8-14(5-6-14)10-2-3-10/h1,4,7,10,17H,2-3,5-6,8H2,(H2,16,18). The van der Waals surface area contributed by atoms with Crippen molar-refractivity contribution in [3.8, 4) is 0 Å². The Morgan fingerprint density at radius 3 is 2.67 bits per heavy atom. The number of nitrogens with one attached hydrogen (secondary N) is 1. The molecule has 96 valence electrons. The Morgan fingerprint density at radius 2 is 2.17 bits per heavy atom. The van der Waals surface area contributed by atoms with Crippen LogP contribution in [-0.2, 0) is 0 Å². The molecular weight excluding hydrogens is 247 g/mol. The minimum atomic E-state index is -0.271. The van der Waals surface area contributed by atoms with Gasteiger partial charge in [-0.25, -0.2) is 4.39 Å². The molecule has 2 aliphatic rings. The molecule has 0 saturated heterocycles. The van der Waals surface area contributed by atoms with Gasteiger partial charge in [0.25, 0.3) is 0 Å². The fraction of sp³-hybridized carbons (Fsp3) is 0.500. The van der Waals surface area contributed by atoms with Crippen molar-refractivity contribution in [2.45, 2.75) is 25.7 Å². The Hall–Kier alpha value is -1.16. The molecule has 1 aromatic rings. The van der Waals surface area contributed by atoms with Gasteiger partial charge in [-0.1, -0.05) is 12.2 Å². The van der Waals surface area contributed by atoms with Gasteiger partial charge >= 0.3 is 0 Å². The molecule has 1 aromatic carbocycles. The molecule has 2 aliphatic carbocycles. The van der Waals surface area contributed by atoms with Gasteiger partial charge in [-0.15, -0.1) is 0 Å². The van der Waals surface area contributed by atoms with E-state index in [0.29, 0.717) is 16.7 Å². The van der Waals surface area contributed by atoms with Crippen LogP contribution in [0.1, 0.15) is 31.2 Å². The van der Waals surface area contributed by atoms with Crippen LogP contribution >= 0.6 is 12.2 Å². The Labute approximate surface area is 112 Å². The smallest absolute Gasteiger partial charge is 0.146 e. The number of rotatable bonds is 5. The lowest BCUT2D eigenvalue weighted by atomic mass is 10.0. The number of hydrogen-bond acceptors (Lipinski definition) is 2. The van der Waals surface area contributed by atoms with E-state index in [0.717, 1.165) is 12.5 Å². The van der Waals surface area contributed by atoms with Crippen LogP contribution in [0.3, 0.4) is 0 Å². The molecule has 0 aromatic heterocycles. The molecule has 18 heavy (non-hydrogen) atoms. The summed E-state index contributed by atoms with van der Waals surface area (Å²) in [5.74, 6) is 0.607. The van der Waals surface area contributed by atoms with Crippen LogP contribution in [0, 0.1) is 17.2 Å². The van der Waals surface area contributed by atoms with Crippen molar-refractivity contribution >= 4 is 22.9 Å². The zero-order valence-electron chi connectivity index (χ0n) is 10.2. The second-order valence-electron chi connectivity index (χ2n) is 5.55. The molecule has 0 amide bonds. The van der Waals surface area contributed by atoms with Crippen LogP contribution in [0.5, 0.6) is 0 Å². The Kier molecular flexibility index (Phi) is 2.77. The minimum Gasteiger partial charge on any atom is -0.389 e. The van der Waals surface area contributed by atoms with Crippen molar-refractivity contribution in [3.63, 3.8) is 0 Å². The fourth-order valence-electron chi connectivity index (χ4n) is 2.67. The summed E-state index contributed by atoms with van der Waals surface area (Å²) in [6.45, 7) is 0.890. The van der Waals surface area contributed by atoms with E-state index < -0.39 is 0 Å². The molecule has 3 N–H and O–H groups in total. The van der Waals surface area contributed by atoms with Crippen LogP contribution in [0.15, 0.2) is 18.2 Å². The van der Waals surface area contributed by atoms with Crippen LogP contribution in [-0.4, -0.2) is 11.5 Å². The molecule has 4 heteroatoms. The predicted molar refractivity (Wildman–Crippen MR) is 75.2 cm³/mol. The molecule has 3 rings (SSSR count). The molecule has 2 saturated carbocycles. The van der Waals surface area contributed by atoms with Gasteiger partial charge < -0.3 is 11.1 Å². The van der Waals surface area contributed by atoms with E-state index in [2.05, 4.69) is 5.32 Å². The molecule has 0 heterocycles. The van der Waals surface area contributed by atoms with Gasteiger partial charge in [-0.05, 0) is 55.2 Å². The monoisotopic (exact) mass is 264 g/mol. The summed E-state index contributed by atoms with van der Waals surface area (Å²) in [6, 6.07) is 4.90. The molecule has 0 radical (unpaired) electrons. The predicted octanol–water partition coefficient (Wildman–Crippen LogP) is 3.06. The first-order valence-corrected chi connectivity index (χ1v) is 6.85. The number of nitrogens with two attached hydrogens (primary N) is 1. The summed E-state index contributed by atoms with van der Waals surface area (Å²) in [4.78, 5) is 0.233. The zero-order chi connectivity index (χ0) is 12.8. The second kappa shape index (κ2) is 4.19. The van der Waals surface area contributed by atoms with Crippen molar-refractivity contribution in [3.05, 3.63) is 29.6 Å². The minimum absolute atomic E-state index is 0.233. The Bertz CT molecular complexity index is 493. The molecular formula is C14H17FN2S. The topological polar surface area (TPSA) is 38.0 Å². The third kappa shape index (κ3) is 2.21. The van der Waals surface area contributed by atoms with Crippen molar-refractivity contribution in [1.29, 1.82) is 0 Å². The van der Waals surface area contributed by atoms with Gasteiger partial charge in [0.05, 0.1) is 5.69 Å². The van der Waals surface area contributed by atoms with Crippen molar-refractivity contribution < 1.29 is 4.39 Å². The van der Waals surface area contributed by atoms with Gasteiger partial charge in [0, 0.05) is 12.1 Å². The van der Waals surface area contributed by atoms with E-state index in [-0.39, 0.29) is 10.8 Å². The van der Waals surface area contributed by atoms with Gasteiger partial charge in [0.1, 0.15) is 10.8 Å². The van der Waals surface area contributed by atoms with E-state index in [1.165, 1.54) is 31.7 Å². The molecule has 2 fully saturated rings. The summed E-state index contributed by atoms with van der Waals surface area (Å²) >= 11 is 4.83. The number of anilines is 1. The van der Waals surface area contributed by atoms with Crippen LogP contribution < -0.4 is 11.1 Å². The lowest BCUT2D eigenvalue weighted by molar-refractivity contribution is 0.465. The largest absolute Gasteiger partial charge is 0.389 e. The van der Waals surface area contributed by atoms with Crippen LogP contribution in [0.2, 0.25) is 0 Å². The van der Waals surface area contributed by atoms with Crippen molar-refractivity contribution in [1.82, 2.24) is 0 Å². The lowest BCUT2D eigenvalue weighted by Gasteiger charge is -2.16.